The second-order valence-electron chi connectivity index (χ2n) is 2.94. The Labute approximate surface area is 93.7 Å². The molecule has 2 nitrogen and oxygen atoms in total. The van der Waals surface area contributed by atoms with Crippen molar-refractivity contribution in [1.82, 2.24) is 9.78 Å². The second-order valence-corrected chi connectivity index (χ2v) is 3.69. The summed E-state index contributed by atoms with van der Waals surface area (Å²) >= 11 is 3.11. The van der Waals surface area contributed by atoms with Gasteiger partial charge in [0.05, 0.1) is 17.4 Å². The van der Waals surface area contributed by atoms with Crippen LogP contribution in [0.2, 0.25) is 0 Å². The van der Waals surface area contributed by atoms with Gasteiger partial charge in [-0.1, -0.05) is 18.2 Å². The monoisotopic (exact) mass is 272 g/mol. The van der Waals surface area contributed by atoms with Crippen LogP contribution in [-0.4, -0.2) is 9.78 Å². The average Bonchev–Trinajstić information content (AvgIpc) is 2.61. The Hall–Kier alpha value is -1.23. The van der Waals surface area contributed by atoms with Crippen molar-refractivity contribution >= 4 is 15.9 Å². The molecular weight excluding hydrogens is 266 g/mol. The normalized spacial score (nSPS) is 10.9. The van der Waals surface area contributed by atoms with Crippen LogP contribution < -0.4 is 0 Å². The quantitative estimate of drug-likeness (QED) is 0.817. The van der Waals surface area contributed by atoms with Gasteiger partial charge in [-0.3, -0.25) is 0 Å². The van der Waals surface area contributed by atoms with E-state index in [9.17, 15) is 8.78 Å². The van der Waals surface area contributed by atoms with Gasteiger partial charge in [-0.05, 0) is 28.1 Å². The van der Waals surface area contributed by atoms with E-state index in [1.807, 2.05) is 18.2 Å². The molecule has 2 aromatic rings. The van der Waals surface area contributed by atoms with Crippen LogP contribution in [-0.2, 0) is 0 Å². The molecule has 1 aromatic heterocycles. The third kappa shape index (κ3) is 1.92. The lowest BCUT2D eigenvalue weighted by molar-refractivity contribution is 0.150. The Balaban J connectivity index is 2.47. The first-order chi connectivity index (χ1) is 7.20. The summed E-state index contributed by atoms with van der Waals surface area (Å²) in [6.07, 6.45) is -1.35. The minimum atomic E-state index is -2.52. The molecule has 1 heterocycles. The molecular formula is C10H7BrF2N2. The summed E-state index contributed by atoms with van der Waals surface area (Å²) in [6.45, 7) is 0. The van der Waals surface area contributed by atoms with Gasteiger partial charge in [-0.25, -0.2) is 13.5 Å². The lowest BCUT2D eigenvalue weighted by atomic mass is 10.3. The van der Waals surface area contributed by atoms with Crippen LogP contribution in [0.4, 0.5) is 8.78 Å². The van der Waals surface area contributed by atoms with Crippen LogP contribution in [0.15, 0.2) is 41.1 Å². The highest BCUT2D eigenvalue weighted by Gasteiger charge is 2.17. The number of alkyl halides is 2. The van der Waals surface area contributed by atoms with Crippen LogP contribution in [0.3, 0.4) is 0 Å². The summed E-state index contributed by atoms with van der Waals surface area (Å²) in [5, 5.41) is 3.90. The van der Waals surface area contributed by atoms with E-state index in [0.717, 1.165) is 5.69 Å². The number of rotatable bonds is 2. The van der Waals surface area contributed by atoms with Gasteiger partial charge < -0.3 is 0 Å². The average molecular weight is 273 g/mol. The molecule has 0 aliphatic carbocycles. The Kier molecular flexibility index (Phi) is 2.81. The highest BCUT2D eigenvalue weighted by atomic mass is 79.9. The molecule has 0 saturated carbocycles. The first-order valence-corrected chi connectivity index (χ1v) is 5.06. The molecule has 1 aromatic carbocycles. The van der Waals surface area contributed by atoms with Gasteiger partial charge in [0.25, 0.3) is 6.43 Å². The van der Waals surface area contributed by atoms with E-state index in [1.165, 1.54) is 10.9 Å². The summed E-state index contributed by atoms with van der Waals surface area (Å²) in [4.78, 5) is 0. The maximum Gasteiger partial charge on any atom is 0.268 e. The van der Waals surface area contributed by atoms with Gasteiger partial charge in [-0.2, -0.15) is 5.10 Å². The number of halogens is 3. The molecule has 15 heavy (non-hydrogen) atoms. The molecule has 0 fully saturated rings. The molecule has 0 aliphatic rings. The number of hydrogen-bond acceptors (Lipinski definition) is 1. The third-order valence-corrected chi connectivity index (χ3v) is 2.77. The second kappa shape index (κ2) is 4.10. The Bertz CT molecular complexity index is 454. The van der Waals surface area contributed by atoms with Gasteiger partial charge in [0.15, 0.2) is 0 Å². The van der Waals surface area contributed by atoms with E-state index in [1.54, 1.807) is 12.1 Å². The van der Waals surface area contributed by atoms with E-state index in [0.29, 0.717) is 4.60 Å². The number of aromatic nitrogens is 2. The molecule has 0 N–H and O–H groups in total. The molecule has 0 bridgehead atoms. The fraction of sp³-hybridized carbons (Fsp3) is 0.100. The Morgan fingerprint density at radius 1 is 1.20 bits per heavy atom. The molecule has 5 heteroatoms. The van der Waals surface area contributed by atoms with E-state index >= 15 is 0 Å². The Morgan fingerprint density at radius 3 is 2.40 bits per heavy atom. The minimum absolute atomic E-state index is 0.0983. The smallest absolute Gasteiger partial charge is 0.226 e. The maximum atomic E-state index is 12.5. The molecule has 2 rings (SSSR count). The summed E-state index contributed by atoms with van der Waals surface area (Å²) in [5.41, 5.74) is 0.648. The molecule has 0 radical (unpaired) electrons. The summed E-state index contributed by atoms with van der Waals surface area (Å²) in [5.74, 6) is 0. The van der Waals surface area contributed by atoms with Crippen LogP contribution in [0.5, 0.6) is 0 Å². The highest BCUT2D eigenvalue weighted by molar-refractivity contribution is 9.10. The third-order valence-electron chi connectivity index (χ3n) is 1.97. The van der Waals surface area contributed by atoms with Crippen LogP contribution in [0.1, 0.15) is 12.0 Å². The minimum Gasteiger partial charge on any atom is -0.226 e. The van der Waals surface area contributed by atoms with Gasteiger partial charge in [0, 0.05) is 0 Å². The van der Waals surface area contributed by atoms with E-state index in [2.05, 4.69) is 21.0 Å². The topological polar surface area (TPSA) is 17.8 Å². The molecule has 0 atom stereocenters. The highest BCUT2D eigenvalue weighted by Crippen LogP contribution is 2.28. The fourth-order valence-corrected chi connectivity index (χ4v) is 1.81. The first kappa shape index (κ1) is 10.3. The molecule has 0 aliphatic heterocycles. The van der Waals surface area contributed by atoms with Crippen molar-refractivity contribution in [3.05, 3.63) is 46.7 Å². The molecule has 0 unspecified atom stereocenters. The molecule has 0 spiro atoms. The fourth-order valence-electron chi connectivity index (χ4n) is 1.24. The first-order valence-electron chi connectivity index (χ1n) is 4.27. The van der Waals surface area contributed by atoms with Crippen LogP contribution in [0.25, 0.3) is 5.69 Å². The SMILES string of the molecule is FC(F)c1cnn(-c2ccccc2)c1Br. The van der Waals surface area contributed by atoms with Crippen molar-refractivity contribution in [2.75, 3.05) is 0 Å². The lowest BCUT2D eigenvalue weighted by Crippen LogP contribution is -1.96. The van der Waals surface area contributed by atoms with Crippen LogP contribution in [0, 0.1) is 0 Å². The van der Waals surface area contributed by atoms with Crippen molar-refractivity contribution in [3.8, 4) is 5.69 Å². The van der Waals surface area contributed by atoms with Crippen molar-refractivity contribution in [2.24, 2.45) is 0 Å². The Morgan fingerprint density at radius 2 is 1.87 bits per heavy atom. The molecule has 78 valence electrons. The van der Waals surface area contributed by atoms with Crippen LogP contribution >= 0.6 is 15.9 Å². The van der Waals surface area contributed by atoms with Crippen molar-refractivity contribution in [1.29, 1.82) is 0 Å². The molecule has 0 saturated heterocycles. The van der Waals surface area contributed by atoms with Gasteiger partial charge in [0.2, 0.25) is 0 Å². The predicted octanol–water partition coefficient (Wildman–Crippen LogP) is 3.57. The maximum absolute atomic E-state index is 12.5. The largest absolute Gasteiger partial charge is 0.268 e. The van der Waals surface area contributed by atoms with Crippen molar-refractivity contribution in [3.63, 3.8) is 0 Å². The predicted molar refractivity (Wildman–Crippen MR) is 56.2 cm³/mol. The van der Waals surface area contributed by atoms with Crippen molar-refractivity contribution in [2.45, 2.75) is 6.43 Å². The van der Waals surface area contributed by atoms with E-state index in [4.69, 9.17) is 0 Å². The summed E-state index contributed by atoms with van der Waals surface area (Å²) < 4.78 is 26.7. The summed E-state index contributed by atoms with van der Waals surface area (Å²) in [7, 11) is 0. The zero-order valence-electron chi connectivity index (χ0n) is 7.57. The van der Waals surface area contributed by atoms with E-state index < -0.39 is 6.43 Å². The number of para-hydroxylation sites is 1. The van der Waals surface area contributed by atoms with Crippen molar-refractivity contribution < 1.29 is 8.78 Å². The number of hydrogen-bond donors (Lipinski definition) is 0. The lowest BCUT2D eigenvalue weighted by Gasteiger charge is -2.03. The van der Waals surface area contributed by atoms with Gasteiger partial charge >= 0.3 is 0 Å². The van der Waals surface area contributed by atoms with E-state index in [-0.39, 0.29) is 5.56 Å². The van der Waals surface area contributed by atoms with Gasteiger partial charge in [0.1, 0.15) is 4.60 Å². The number of nitrogens with zero attached hydrogens (tertiary/aromatic N) is 2. The standard InChI is InChI=1S/C10H7BrF2N2/c11-9-8(10(12)13)6-14-15(9)7-4-2-1-3-5-7/h1-6,10H. The number of benzene rings is 1. The zero-order chi connectivity index (χ0) is 10.8. The zero-order valence-corrected chi connectivity index (χ0v) is 9.16. The molecule has 0 amide bonds. The summed E-state index contributed by atoms with van der Waals surface area (Å²) in [6, 6.07) is 9.10. The van der Waals surface area contributed by atoms with Gasteiger partial charge in [-0.15, -0.1) is 0 Å².